The number of carbonyl (C=O) groups excluding carboxylic acids is 1. The number of hydrazone groups is 1. The molecule has 0 fully saturated rings. The highest BCUT2D eigenvalue weighted by atomic mass is 35.5. The lowest BCUT2D eigenvalue weighted by Crippen LogP contribution is -2.08. The average Bonchev–Trinajstić information content (AvgIpc) is 2.17. The molecule has 0 saturated heterocycles. The third kappa shape index (κ3) is 3.43. The van der Waals surface area contributed by atoms with Gasteiger partial charge in [0.15, 0.2) is 5.82 Å². The largest absolute Gasteiger partial charge is 0.386 e. The van der Waals surface area contributed by atoms with Gasteiger partial charge in [0.2, 0.25) is 6.41 Å². The number of rotatable bonds is 4. The maximum atomic E-state index is 10.1. The summed E-state index contributed by atoms with van der Waals surface area (Å²) >= 11 is 5.86. The molecular weight excluding hydrogens is 218 g/mol. The van der Waals surface area contributed by atoms with Gasteiger partial charge < -0.3 is 11.1 Å². The van der Waals surface area contributed by atoms with Gasteiger partial charge in [-0.25, -0.2) is 4.98 Å². The number of nitrogens with zero attached hydrogens (tertiary/aromatic N) is 2. The lowest BCUT2D eigenvalue weighted by Gasteiger charge is -2.04. The summed E-state index contributed by atoms with van der Waals surface area (Å²) in [6, 6.07) is 1.55. The van der Waals surface area contributed by atoms with Crippen molar-refractivity contribution in [1.29, 1.82) is 0 Å². The van der Waals surface area contributed by atoms with Gasteiger partial charge in [0, 0.05) is 0 Å². The maximum Gasteiger partial charge on any atom is 0.211 e. The molecule has 1 aromatic rings. The second-order valence-corrected chi connectivity index (χ2v) is 3.09. The number of hydrogen-bond donors (Lipinski definition) is 3. The van der Waals surface area contributed by atoms with Crippen LogP contribution in [-0.4, -0.2) is 17.2 Å². The first-order valence-electron chi connectivity index (χ1n) is 4.05. The summed E-state index contributed by atoms with van der Waals surface area (Å²) in [7, 11) is 0. The Hall–Kier alpha value is -1.82. The van der Waals surface area contributed by atoms with Crippen molar-refractivity contribution < 1.29 is 4.79 Å². The zero-order valence-electron chi connectivity index (χ0n) is 7.99. The molecule has 15 heavy (non-hydrogen) atoms. The molecule has 0 unspecified atom stereocenters. The van der Waals surface area contributed by atoms with Gasteiger partial charge in [-0.3, -0.25) is 10.2 Å². The van der Waals surface area contributed by atoms with Crippen LogP contribution in [0.25, 0.3) is 0 Å². The molecule has 1 amide bonds. The lowest BCUT2D eigenvalue weighted by atomic mass is 10.4. The molecule has 7 heteroatoms. The quantitative estimate of drug-likeness (QED) is 0.310. The number of nitrogens with one attached hydrogen (secondary N) is 2. The van der Waals surface area contributed by atoms with Crippen molar-refractivity contribution >= 4 is 35.4 Å². The number of pyridine rings is 1. The molecular formula is C8H10ClN5O. The van der Waals surface area contributed by atoms with E-state index in [-0.39, 0.29) is 0 Å². The van der Waals surface area contributed by atoms with E-state index in [1.54, 1.807) is 13.0 Å². The van der Waals surface area contributed by atoms with Crippen LogP contribution >= 0.6 is 11.6 Å². The van der Waals surface area contributed by atoms with Crippen molar-refractivity contribution in [1.82, 2.24) is 4.98 Å². The summed E-state index contributed by atoms with van der Waals surface area (Å²) in [6.45, 7) is 1.63. The zero-order valence-corrected chi connectivity index (χ0v) is 8.75. The van der Waals surface area contributed by atoms with E-state index in [1.165, 1.54) is 6.20 Å². The molecule has 1 heterocycles. The third-order valence-electron chi connectivity index (χ3n) is 1.40. The molecule has 0 spiro atoms. The van der Waals surface area contributed by atoms with Gasteiger partial charge >= 0.3 is 0 Å². The molecule has 1 rings (SSSR count). The van der Waals surface area contributed by atoms with Crippen molar-refractivity contribution in [3.8, 4) is 0 Å². The van der Waals surface area contributed by atoms with Crippen LogP contribution in [-0.2, 0) is 4.79 Å². The number of amidine groups is 1. The molecule has 80 valence electrons. The van der Waals surface area contributed by atoms with Gasteiger partial charge in [-0.05, 0) is 13.0 Å². The molecule has 0 aliphatic carbocycles. The van der Waals surface area contributed by atoms with Gasteiger partial charge in [-0.1, -0.05) is 11.6 Å². The zero-order chi connectivity index (χ0) is 11.3. The Morgan fingerprint density at radius 2 is 2.47 bits per heavy atom. The minimum absolute atomic E-state index is 0.340. The number of nitrogens with two attached hydrogens (primary N) is 1. The predicted molar refractivity (Wildman–Crippen MR) is 59.9 cm³/mol. The van der Waals surface area contributed by atoms with Crippen LogP contribution in [0.15, 0.2) is 17.4 Å². The van der Waals surface area contributed by atoms with Crippen LogP contribution in [0.5, 0.6) is 0 Å². The number of aromatic nitrogens is 1. The molecule has 0 aromatic carbocycles. The summed E-state index contributed by atoms with van der Waals surface area (Å²) in [5, 5.41) is 6.50. The van der Waals surface area contributed by atoms with Gasteiger partial charge in [-0.15, -0.1) is 0 Å². The standard InChI is InChI=1S/C8H10ClN5O/c1-5(10)13-14-8-7(9)2-6(3-11-8)12-4-15/h2-4H,1H3,(H2,10,13)(H,11,14)(H,12,15). The Morgan fingerprint density at radius 3 is 3.00 bits per heavy atom. The van der Waals surface area contributed by atoms with E-state index in [2.05, 4.69) is 20.8 Å². The molecule has 0 atom stereocenters. The van der Waals surface area contributed by atoms with E-state index in [0.29, 0.717) is 28.8 Å². The number of halogens is 1. The summed E-state index contributed by atoms with van der Waals surface area (Å²) in [4.78, 5) is 14.1. The molecule has 0 aliphatic heterocycles. The van der Waals surface area contributed by atoms with Crippen molar-refractivity contribution in [2.45, 2.75) is 6.92 Å². The van der Waals surface area contributed by atoms with Crippen LogP contribution < -0.4 is 16.5 Å². The van der Waals surface area contributed by atoms with E-state index in [9.17, 15) is 4.79 Å². The first kappa shape index (κ1) is 11.3. The summed E-state index contributed by atoms with van der Waals surface area (Å²) in [5.41, 5.74) is 8.42. The Labute approximate surface area is 91.5 Å². The highest BCUT2D eigenvalue weighted by Gasteiger charge is 2.01. The normalized spacial score (nSPS) is 10.9. The van der Waals surface area contributed by atoms with E-state index < -0.39 is 0 Å². The molecule has 6 nitrogen and oxygen atoms in total. The number of anilines is 2. The molecule has 1 aromatic heterocycles. The van der Waals surface area contributed by atoms with E-state index in [0.717, 1.165) is 0 Å². The first-order valence-corrected chi connectivity index (χ1v) is 4.43. The topological polar surface area (TPSA) is 92.4 Å². The smallest absolute Gasteiger partial charge is 0.211 e. The van der Waals surface area contributed by atoms with E-state index in [1.807, 2.05) is 0 Å². The van der Waals surface area contributed by atoms with Gasteiger partial charge in [0.1, 0.15) is 5.84 Å². The number of hydrogen-bond acceptors (Lipinski definition) is 4. The Balaban J connectivity index is 2.83. The molecule has 4 N–H and O–H groups in total. The van der Waals surface area contributed by atoms with Gasteiger partial charge in [-0.2, -0.15) is 5.10 Å². The Morgan fingerprint density at radius 1 is 1.73 bits per heavy atom. The number of amides is 1. The van der Waals surface area contributed by atoms with Crippen molar-refractivity contribution in [2.75, 3.05) is 10.7 Å². The lowest BCUT2D eigenvalue weighted by molar-refractivity contribution is -0.105. The second-order valence-electron chi connectivity index (χ2n) is 2.68. The third-order valence-corrected chi connectivity index (χ3v) is 1.69. The second kappa shape index (κ2) is 5.16. The first-order chi connectivity index (χ1) is 7.13. The van der Waals surface area contributed by atoms with Gasteiger partial charge in [0.25, 0.3) is 0 Å². The molecule has 0 bridgehead atoms. The minimum Gasteiger partial charge on any atom is -0.386 e. The van der Waals surface area contributed by atoms with Crippen molar-refractivity contribution in [2.24, 2.45) is 10.8 Å². The summed E-state index contributed by atoms with van der Waals surface area (Å²) < 4.78 is 0. The summed E-state index contributed by atoms with van der Waals surface area (Å²) in [5.74, 6) is 0.737. The van der Waals surface area contributed by atoms with Crippen molar-refractivity contribution in [3.63, 3.8) is 0 Å². The number of carbonyl (C=O) groups is 1. The van der Waals surface area contributed by atoms with Crippen LogP contribution in [0.2, 0.25) is 5.02 Å². The van der Waals surface area contributed by atoms with Crippen LogP contribution in [0.1, 0.15) is 6.92 Å². The molecule has 0 radical (unpaired) electrons. The minimum atomic E-state index is 0.340. The van der Waals surface area contributed by atoms with Crippen LogP contribution in [0, 0.1) is 0 Å². The fourth-order valence-corrected chi connectivity index (χ4v) is 1.02. The van der Waals surface area contributed by atoms with Crippen LogP contribution in [0.3, 0.4) is 0 Å². The van der Waals surface area contributed by atoms with Gasteiger partial charge in [0.05, 0.1) is 16.9 Å². The highest BCUT2D eigenvalue weighted by Crippen LogP contribution is 2.22. The maximum absolute atomic E-state index is 10.1. The fraction of sp³-hybridized carbons (Fsp3) is 0.125. The predicted octanol–water partition coefficient (Wildman–Crippen LogP) is 1.01. The highest BCUT2D eigenvalue weighted by molar-refractivity contribution is 6.33. The van der Waals surface area contributed by atoms with E-state index >= 15 is 0 Å². The Bertz CT molecular complexity index is 389. The SMILES string of the molecule is C/C(N)=N/Nc1ncc(NC=O)cc1Cl. The van der Waals surface area contributed by atoms with Crippen molar-refractivity contribution in [3.05, 3.63) is 17.3 Å². The Kier molecular flexibility index (Phi) is 3.87. The average molecular weight is 228 g/mol. The van der Waals surface area contributed by atoms with E-state index in [4.69, 9.17) is 17.3 Å². The molecule has 0 saturated carbocycles. The monoisotopic (exact) mass is 227 g/mol. The summed E-state index contributed by atoms with van der Waals surface area (Å²) in [6.07, 6.45) is 1.99. The fourth-order valence-electron chi connectivity index (χ4n) is 0.808. The molecule has 0 aliphatic rings. The van der Waals surface area contributed by atoms with Crippen LogP contribution in [0.4, 0.5) is 11.5 Å².